The second-order valence-electron chi connectivity index (χ2n) is 10.2. The molecule has 28 heavy (non-hydrogen) atoms. The number of nitrogens with two attached hydrogens (primary N) is 1. The van der Waals surface area contributed by atoms with Crippen molar-refractivity contribution in [2.45, 2.75) is 79.6 Å². The summed E-state index contributed by atoms with van der Waals surface area (Å²) in [5.41, 5.74) is 11.7. The van der Waals surface area contributed by atoms with Crippen LogP contribution in [0.25, 0.3) is 0 Å². The highest BCUT2D eigenvalue weighted by Gasteiger charge is 2.49. The molecule has 0 radical (unpaired) electrons. The maximum absolute atomic E-state index is 5.99. The maximum Gasteiger partial charge on any atom is 0.106 e. The summed E-state index contributed by atoms with van der Waals surface area (Å²) >= 11 is 5.76. The van der Waals surface area contributed by atoms with Gasteiger partial charge in [0.2, 0.25) is 0 Å². The molecule has 0 aliphatic heterocycles. The molecule has 2 nitrogen and oxygen atoms in total. The van der Waals surface area contributed by atoms with E-state index in [-0.39, 0.29) is 5.41 Å². The first-order valence-corrected chi connectivity index (χ1v) is 11.1. The first-order chi connectivity index (χ1) is 12.9. The fraction of sp³-hybridized carbons (Fsp3) is 0.640. The summed E-state index contributed by atoms with van der Waals surface area (Å²) in [5, 5.41) is 3.58. The van der Waals surface area contributed by atoms with Gasteiger partial charge in [-0.15, -0.1) is 0 Å². The van der Waals surface area contributed by atoms with E-state index < -0.39 is 0 Å². The molecule has 0 amide bonds. The molecule has 3 aliphatic carbocycles. The van der Waals surface area contributed by atoms with E-state index in [9.17, 15) is 0 Å². The van der Waals surface area contributed by atoms with Crippen molar-refractivity contribution in [2.24, 2.45) is 22.0 Å². The zero-order valence-electron chi connectivity index (χ0n) is 18.8. The number of fused-ring (bicyclic) bond motifs is 3. The highest BCUT2D eigenvalue weighted by Crippen LogP contribution is 2.59. The van der Waals surface area contributed by atoms with Crippen LogP contribution in [0.1, 0.15) is 79.6 Å². The number of allylic oxidation sites excluding steroid dienone is 2. The normalized spacial score (nSPS) is 27.8. The van der Waals surface area contributed by atoms with Crippen LogP contribution in [-0.4, -0.2) is 11.5 Å². The summed E-state index contributed by atoms with van der Waals surface area (Å²) < 4.78 is 0. The third-order valence-electron chi connectivity index (χ3n) is 7.38. The molecule has 3 aliphatic rings. The fourth-order valence-corrected chi connectivity index (χ4v) is 5.50. The van der Waals surface area contributed by atoms with E-state index in [1.165, 1.54) is 44.1 Å². The molecule has 3 fully saturated rings. The largest absolute Gasteiger partial charge is 0.399 e. The van der Waals surface area contributed by atoms with Gasteiger partial charge < -0.3 is 11.1 Å². The van der Waals surface area contributed by atoms with E-state index in [4.69, 9.17) is 18.0 Å². The van der Waals surface area contributed by atoms with Gasteiger partial charge in [-0.05, 0) is 79.3 Å². The lowest BCUT2D eigenvalue weighted by Gasteiger charge is -2.54. The molecule has 156 valence electrons. The Morgan fingerprint density at radius 1 is 1.04 bits per heavy atom. The van der Waals surface area contributed by atoms with Gasteiger partial charge in [-0.1, -0.05) is 65.2 Å². The molecule has 0 aromatic rings. The van der Waals surface area contributed by atoms with Crippen molar-refractivity contribution in [1.82, 2.24) is 5.32 Å². The maximum atomic E-state index is 5.99. The highest BCUT2D eigenvalue weighted by atomic mass is 32.1. The van der Waals surface area contributed by atoms with Gasteiger partial charge in [-0.25, -0.2) is 0 Å². The smallest absolute Gasteiger partial charge is 0.106 e. The van der Waals surface area contributed by atoms with E-state index in [1.54, 1.807) is 0 Å². The first kappa shape index (κ1) is 22.9. The minimum Gasteiger partial charge on any atom is -0.399 e. The molecule has 0 aromatic heterocycles. The van der Waals surface area contributed by atoms with Crippen LogP contribution >= 0.6 is 12.2 Å². The summed E-state index contributed by atoms with van der Waals surface area (Å²) in [6.45, 7) is 24.3. The lowest BCUT2D eigenvalue weighted by atomic mass is 9.51. The number of nitrogens with one attached hydrogen (secondary N) is 1. The molecule has 3 N–H and O–H groups in total. The molecular weight excluding hydrogens is 360 g/mol. The third kappa shape index (κ3) is 4.45. The van der Waals surface area contributed by atoms with E-state index in [0.29, 0.717) is 16.5 Å². The topological polar surface area (TPSA) is 38.0 Å². The zero-order valence-corrected chi connectivity index (χ0v) is 19.6. The van der Waals surface area contributed by atoms with Gasteiger partial charge in [0, 0.05) is 17.8 Å². The minimum atomic E-state index is -0.0940. The average Bonchev–Trinajstić information content (AvgIpc) is 2.65. The number of rotatable bonds is 7. The van der Waals surface area contributed by atoms with Crippen molar-refractivity contribution in [2.75, 3.05) is 6.54 Å². The lowest BCUT2D eigenvalue weighted by molar-refractivity contribution is 0.0168. The van der Waals surface area contributed by atoms with E-state index >= 15 is 0 Å². The van der Waals surface area contributed by atoms with Crippen molar-refractivity contribution in [3.8, 4) is 0 Å². The molecule has 0 unspecified atom stereocenters. The zero-order chi connectivity index (χ0) is 21.3. The van der Waals surface area contributed by atoms with E-state index in [1.807, 2.05) is 6.92 Å². The molecule has 0 spiro atoms. The van der Waals surface area contributed by atoms with Crippen LogP contribution in [0, 0.1) is 16.2 Å². The fourth-order valence-electron chi connectivity index (χ4n) is 5.32. The summed E-state index contributed by atoms with van der Waals surface area (Å²) in [7, 11) is 0. The van der Waals surface area contributed by atoms with Gasteiger partial charge in [0.1, 0.15) is 4.99 Å². The minimum absolute atomic E-state index is 0.0940. The Hall–Kier alpha value is -1.35. The number of hydrogen-bond donors (Lipinski definition) is 2. The van der Waals surface area contributed by atoms with Gasteiger partial charge in [0.25, 0.3) is 0 Å². The summed E-state index contributed by atoms with van der Waals surface area (Å²) in [6.07, 6.45) is 8.79. The van der Waals surface area contributed by atoms with Crippen LogP contribution in [0.2, 0.25) is 0 Å². The molecule has 0 atom stereocenters. The standard InChI is InChI=1S/C25H40N2S/c1-9-17(2)25-13-10-24(11-14-25,12-15-25)16-27-22(28)19(4)21(23(6,7)8)18(3)20(5)26/h2,4-5,9-16,26H2,1,3,6-8H3,(H,27,28)/b21-18-. The predicted octanol–water partition coefficient (Wildman–Crippen LogP) is 6.60. The lowest BCUT2D eigenvalue weighted by Crippen LogP contribution is -2.48. The number of hydrogen-bond acceptors (Lipinski definition) is 2. The van der Waals surface area contributed by atoms with Crippen molar-refractivity contribution in [3.63, 3.8) is 0 Å². The van der Waals surface area contributed by atoms with Crippen LogP contribution in [-0.2, 0) is 0 Å². The molecule has 0 heterocycles. The Morgan fingerprint density at radius 2 is 1.54 bits per heavy atom. The molecule has 3 rings (SSSR count). The van der Waals surface area contributed by atoms with Crippen LogP contribution in [0.5, 0.6) is 0 Å². The van der Waals surface area contributed by atoms with Crippen LogP contribution in [0.15, 0.2) is 47.7 Å². The molecule has 3 saturated carbocycles. The Bertz CT molecular complexity index is 693. The monoisotopic (exact) mass is 400 g/mol. The number of thiocarbonyl (C=S) groups is 1. The Kier molecular flexibility index (Phi) is 6.70. The molecule has 2 bridgehead atoms. The van der Waals surface area contributed by atoms with Crippen LogP contribution < -0.4 is 11.1 Å². The van der Waals surface area contributed by atoms with Gasteiger partial charge in [-0.3, -0.25) is 0 Å². The average molecular weight is 401 g/mol. The highest BCUT2D eigenvalue weighted by molar-refractivity contribution is 7.80. The van der Waals surface area contributed by atoms with Crippen molar-refractivity contribution in [1.29, 1.82) is 0 Å². The van der Waals surface area contributed by atoms with E-state index in [2.05, 4.69) is 52.7 Å². The summed E-state index contributed by atoms with van der Waals surface area (Å²) in [5.74, 6) is 0. The van der Waals surface area contributed by atoms with Gasteiger partial charge in [0.05, 0.1) is 0 Å². The molecule has 0 saturated heterocycles. The van der Waals surface area contributed by atoms with Crippen LogP contribution in [0.4, 0.5) is 0 Å². The van der Waals surface area contributed by atoms with Gasteiger partial charge in [0.15, 0.2) is 0 Å². The van der Waals surface area contributed by atoms with E-state index in [0.717, 1.165) is 34.7 Å². The Labute approximate surface area is 178 Å². The second-order valence-corrected chi connectivity index (χ2v) is 10.6. The third-order valence-corrected chi connectivity index (χ3v) is 7.78. The Morgan fingerprint density at radius 3 is 1.93 bits per heavy atom. The molecular formula is C25H40N2S. The van der Waals surface area contributed by atoms with Crippen molar-refractivity contribution < 1.29 is 0 Å². The predicted molar refractivity (Wildman–Crippen MR) is 127 cm³/mol. The van der Waals surface area contributed by atoms with Crippen LogP contribution in [0.3, 0.4) is 0 Å². The quantitative estimate of drug-likeness (QED) is 0.219. The van der Waals surface area contributed by atoms with Gasteiger partial charge >= 0.3 is 0 Å². The first-order valence-electron chi connectivity index (χ1n) is 10.7. The van der Waals surface area contributed by atoms with Crippen molar-refractivity contribution >= 4 is 17.2 Å². The Balaban J connectivity index is 2.07. The summed E-state index contributed by atoms with van der Waals surface area (Å²) in [4.78, 5) is 0.750. The SMILES string of the molecule is C=C(N)/C(C)=C(/C(=C)C(=S)NCC12CCC(C(=C)CC)(CC1)CC2)C(C)(C)C. The molecule has 0 aromatic carbocycles. The summed E-state index contributed by atoms with van der Waals surface area (Å²) in [6, 6.07) is 0. The second kappa shape index (κ2) is 8.18. The van der Waals surface area contributed by atoms with Crippen molar-refractivity contribution in [3.05, 3.63) is 47.7 Å². The van der Waals surface area contributed by atoms with Gasteiger partial charge in [-0.2, -0.15) is 0 Å². The molecule has 3 heteroatoms.